The third-order valence-electron chi connectivity index (χ3n) is 4.23. The van der Waals surface area contributed by atoms with Crippen LogP contribution in [0.4, 0.5) is 0 Å². The molecule has 0 bridgehead atoms. The summed E-state index contributed by atoms with van der Waals surface area (Å²) in [4.78, 5) is 2.44. The topological polar surface area (TPSA) is 15.3 Å². The highest BCUT2D eigenvalue weighted by atomic mass is 35.5. The highest BCUT2D eigenvalue weighted by Crippen LogP contribution is 2.28. The lowest BCUT2D eigenvalue weighted by atomic mass is 10.0. The zero-order valence-corrected chi connectivity index (χ0v) is 13.0. The van der Waals surface area contributed by atoms with Gasteiger partial charge in [0.2, 0.25) is 0 Å². The number of hydrogen-bond acceptors (Lipinski definition) is 2. The monoisotopic (exact) mass is 280 g/mol. The molecule has 19 heavy (non-hydrogen) atoms. The molecule has 106 valence electrons. The fraction of sp³-hybridized carbons (Fsp3) is 0.625. The molecule has 0 heterocycles. The first-order valence-electron chi connectivity index (χ1n) is 7.33. The Morgan fingerprint density at radius 2 is 2.05 bits per heavy atom. The summed E-state index contributed by atoms with van der Waals surface area (Å²) in [7, 11) is 2.21. The molecular weight excluding hydrogens is 256 g/mol. The number of nitrogens with one attached hydrogen (secondary N) is 1. The lowest BCUT2D eigenvalue weighted by Crippen LogP contribution is -2.41. The quantitative estimate of drug-likeness (QED) is 0.816. The van der Waals surface area contributed by atoms with E-state index in [1.807, 2.05) is 12.1 Å². The molecule has 2 unspecified atom stereocenters. The normalized spacial score (nSPS) is 18.6. The van der Waals surface area contributed by atoms with Crippen LogP contribution in [0.2, 0.25) is 5.02 Å². The lowest BCUT2D eigenvalue weighted by Gasteiger charge is -2.33. The van der Waals surface area contributed by atoms with Gasteiger partial charge in [-0.25, -0.2) is 0 Å². The lowest BCUT2D eigenvalue weighted by molar-refractivity contribution is 0.175. The van der Waals surface area contributed by atoms with Gasteiger partial charge < -0.3 is 5.32 Å². The van der Waals surface area contributed by atoms with Crippen molar-refractivity contribution in [2.75, 3.05) is 13.6 Å². The Hall–Kier alpha value is -0.570. The fourth-order valence-electron chi connectivity index (χ4n) is 2.52. The summed E-state index contributed by atoms with van der Waals surface area (Å²) in [6.45, 7) is 5.57. The van der Waals surface area contributed by atoms with E-state index in [-0.39, 0.29) is 0 Å². The van der Waals surface area contributed by atoms with E-state index in [0.29, 0.717) is 12.1 Å². The van der Waals surface area contributed by atoms with Crippen molar-refractivity contribution in [3.63, 3.8) is 0 Å². The summed E-state index contributed by atoms with van der Waals surface area (Å²) in [5, 5.41) is 4.50. The number of hydrogen-bond donors (Lipinski definition) is 1. The van der Waals surface area contributed by atoms with Crippen LogP contribution in [-0.2, 0) is 0 Å². The molecule has 1 aliphatic rings. The smallest absolute Gasteiger partial charge is 0.0453 e. The molecule has 0 amide bonds. The van der Waals surface area contributed by atoms with Crippen LogP contribution in [0.5, 0.6) is 0 Å². The van der Waals surface area contributed by atoms with Crippen LogP contribution >= 0.6 is 11.6 Å². The molecule has 3 heteroatoms. The second kappa shape index (κ2) is 6.74. The van der Waals surface area contributed by atoms with Gasteiger partial charge in [-0.3, -0.25) is 4.90 Å². The van der Waals surface area contributed by atoms with Crippen molar-refractivity contribution in [2.45, 2.75) is 51.2 Å². The molecule has 0 radical (unpaired) electrons. The highest BCUT2D eigenvalue weighted by Gasteiger charge is 2.25. The molecule has 0 spiro atoms. The van der Waals surface area contributed by atoms with Gasteiger partial charge in [-0.05, 0) is 44.9 Å². The van der Waals surface area contributed by atoms with Gasteiger partial charge in [0.1, 0.15) is 0 Å². The minimum absolute atomic E-state index is 0.347. The molecule has 2 rings (SSSR count). The van der Waals surface area contributed by atoms with Crippen LogP contribution < -0.4 is 5.32 Å². The van der Waals surface area contributed by atoms with Crippen molar-refractivity contribution in [1.82, 2.24) is 10.2 Å². The van der Waals surface area contributed by atoms with Crippen LogP contribution in [0.25, 0.3) is 0 Å². The molecule has 2 atom stereocenters. The molecule has 1 saturated carbocycles. The van der Waals surface area contributed by atoms with Gasteiger partial charge in [0.05, 0.1) is 0 Å². The molecular formula is C16H25ClN2. The molecule has 1 aromatic rings. The number of nitrogens with zero attached hydrogens (tertiary/aromatic N) is 1. The van der Waals surface area contributed by atoms with Crippen LogP contribution in [0.15, 0.2) is 24.3 Å². The molecule has 1 aromatic carbocycles. The van der Waals surface area contributed by atoms with E-state index in [1.54, 1.807) is 0 Å². The highest BCUT2D eigenvalue weighted by molar-refractivity contribution is 6.31. The molecule has 0 aliphatic heterocycles. The fourth-order valence-corrected chi connectivity index (χ4v) is 2.81. The third-order valence-corrected chi connectivity index (χ3v) is 4.58. The van der Waals surface area contributed by atoms with Crippen molar-refractivity contribution in [3.8, 4) is 0 Å². The Kier molecular flexibility index (Phi) is 5.26. The van der Waals surface area contributed by atoms with E-state index in [4.69, 9.17) is 11.6 Å². The van der Waals surface area contributed by atoms with Crippen molar-refractivity contribution in [1.29, 1.82) is 0 Å². The Morgan fingerprint density at radius 1 is 1.37 bits per heavy atom. The van der Waals surface area contributed by atoms with Crippen LogP contribution in [0, 0.1) is 0 Å². The maximum atomic E-state index is 6.31. The summed E-state index contributed by atoms with van der Waals surface area (Å²) in [6, 6.07) is 9.85. The summed E-state index contributed by atoms with van der Waals surface area (Å²) >= 11 is 6.31. The SMILES string of the molecule is CCC(CNC1CC1)N(C)C(C)c1ccccc1Cl. The Morgan fingerprint density at radius 3 is 2.63 bits per heavy atom. The summed E-state index contributed by atoms with van der Waals surface area (Å²) < 4.78 is 0. The van der Waals surface area contributed by atoms with E-state index >= 15 is 0 Å². The standard InChI is InChI=1S/C16H25ClN2/c1-4-14(11-18-13-9-10-13)19(3)12(2)15-7-5-6-8-16(15)17/h5-8,12-14,18H,4,9-11H2,1-3H3. The molecule has 0 saturated heterocycles. The second-order valence-corrected chi connectivity index (χ2v) is 6.01. The van der Waals surface area contributed by atoms with E-state index in [9.17, 15) is 0 Å². The predicted octanol–water partition coefficient (Wildman–Crippen LogP) is 3.86. The Balaban J connectivity index is 1.99. The van der Waals surface area contributed by atoms with E-state index in [2.05, 4.69) is 43.2 Å². The number of benzene rings is 1. The van der Waals surface area contributed by atoms with Gasteiger partial charge >= 0.3 is 0 Å². The molecule has 1 fully saturated rings. The second-order valence-electron chi connectivity index (χ2n) is 5.61. The largest absolute Gasteiger partial charge is 0.312 e. The Bertz CT molecular complexity index is 403. The van der Waals surface area contributed by atoms with Crippen LogP contribution in [0.3, 0.4) is 0 Å². The van der Waals surface area contributed by atoms with Gasteiger partial charge in [0.15, 0.2) is 0 Å². The van der Waals surface area contributed by atoms with Crippen LogP contribution in [-0.4, -0.2) is 30.6 Å². The number of halogens is 1. The van der Waals surface area contributed by atoms with Crippen LogP contribution in [0.1, 0.15) is 44.7 Å². The van der Waals surface area contributed by atoms with Gasteiger partial charge in [0.25, 0.3) is 0 Å². The minimum atomic E-state index is 0.347. The first-order valence-corrected chi connectivity index (χ1v) is 7.71. The first kappa shape index (κ1) is 14.8. The maximum absolute atomic E-state index is 6.31. The summed E-state index contributed by atoms with van der Waals surface area (Å²) in [6.07, 6.45) is 3.85. The number of likely N-dealkylation sites (N-methyl/N-ethyl adjacent to an activating group) is 1. The van der Waals surface area contributed by atoms with Gasteiger partial charge in [-0.2, -0.15) is 0 Å². The summed E-state index contributed by atoms with van der Waals surface area (Å²) in [5.41, 5.74) is 1.22. The first-order chi connectivity index (χ1) is 9.13. The van der Waals surface area contributed by atoms with E-state index < -0.39 is 0 Å². The van der Waals surface area contributed by atoms with E-state index in [0.717, 1.165) is 24.0 Å². The Labute approximate surface area is 122 Å². The minimum Gasteiger partial charge on any atom is -0.312 e. The van der Waals surface area contributed by atoms with Gasteiger partial charge in [-0.1, -0.05) is 36.7 Å². The third kappa shape index (κ3) is 3.95. The average Bonchev–Trinajstić information content (AvgIpc) is 3.23. The summed E-state index contributed by atoms with van der Waals surface area (Å²) in [5.74, 6) is 0. The number of rotatable bonds is 7. The zero-order valence-electron chi connectivity index (χ0n) is 12.2. The average molecular weight is 281 g/mol. The van der Waals surface area contributed by atoms with E-state index in [1.165, 1.54) is 18.4 Å². The van der Waals surface area contributed by atoms with Crippen molar-refractivity contribution in [3.05, 3.63) is 34.9 Å². The molecule has 0 aromatic heterocycles. The van der Waals surface area contributed by atoms with Crippen molar-refractivity contribution in [2.24, 2.45) is 0 Å². The van der Waals surface area contributed by atoms with Gasteiger partial charge in [-0.15, -0.1) is 0 Å². The maximum Gasteiger partial charge on any atom is 0.0453 e. The van der Waals surface area contributed by atoms with Crippen molar-refractivity contribution >= 4 is 11.6 Å². The molecule has 2 nitrogen and oxygen atoms in total. The molecule has 1 aliphatic carbocycles. The molecule has 1 N–H and O–H groups in total. The van der Waals surface area contributed by atoms with Gasteiger partial charge in [0, 0.05) is 29.7 Å². The van der Waals surface area contributed by atoms with Crippen molar-refractivity contribution < 1.29 is 0 Å². The zero-order chi connectivity index (χ0) is 13.8. The predicted molar refractivity (Wildman–Crippen MR) is 82.7 cm³/mol.